The van der Waals surface area contributed by atoms with Crippen LogP contribution in [0.5, 0.6) is 5.75 Å². The molecule has 3 rings (SSSR count). The summed E-state index contributed by atoms with van der Waals surface area (Å²) in [5.41, 5.74) is 1.29. The Bertz CT molecular complexity index is 706. The lowest BCUT2D eigenvalue weighted by atomic mass is 9.95. The van der Waals surface area contributed by atoms with E-state index in [1.54, 1.807) is 0 Å². The van der Waals surface area contributed by atoms with Gasteiger partial charge >= 0.3 is 0 Å². The Morgan fingerprint density at radius 1 is 1.13 bits per heavy atom. The molecule has 0 aromatic heterocycles. The first-order valence-corrected chi connectivity index (χ1v) is 8.22. The van der Waals surface area contributed by atoms with Crippen LogP contribution < -0.4 is 10.1 Å². The van der Waals surface area contributed by atoms with Crippen molar-refractivity contribution in [3.8, 4) is 5.75 Å². The third-order valence-electron chi connectivity index (χ3n) is 4.08. The van der Waals surface area contributed by atoms with E-state index in [9.17, 15) is 4.79 Å². The van der Waals surface area contributed by atoms with E-state index in [2.05, 4.69) is 5.32 Å². The molecule has 2 aromatic rings. The number of carbonyl (C=O) groups excluding carboxylic acids is 1. The summed E-state index contributed by atoms with van der Waals surface area (Å²) >= 11 is 5.94. The van der Waals surface area contributed by atoms with Crippen molar-refractivity contribution >= 4 is 23.2 Å². The van der Waals surface area contributed by atoms with Crippen LogP contribution in [-0.4, -0.2) is 12.0 Å². The second-order valence-corrected chi connectivity index (χ2v) is 6.64. The Hall–Kier alpha value is -2.00. The quantitative estimate of drug-likeness (QED) is 0.855. The number of hydrogen-bond donors (Lipinski definition) is 1. The number of amides is 1. The molecule has 0 heterocycles. The van der Waals surface area contributed by atoms with Gasteiger partial charge in [0.1, 0.15) is 5.75 Å². The summed E-state index contributed by atoms with van der Waals surface area (Å²) in [5, 5.41) is 3.72. The molecule has 1 aliphatic carbocycles. The van der Waals surface area contributed by atoms with Crippen molar-refractivity contribution in [3.05, 3.63) is 59.1 Å². The molecule has 120 valence electrons. The fourth-order valence-electron chi connectivity index (χ4n) is 2.71. The van der Waals surface area contributed by atoms with Crippen molar-refractivity contribution < 1.29 is 9.53 Å². The van der Waals surface area contributed by atoms with E-state index in [0.717, 1.165) is 18.4 Å². The highest BCUT2D eigenvalue weighted by Gasteiger charge is 2.51. The predicted molar refractivity (Wildman–Crippen MR) is 93.2 cm³/mol. The molecule has 0 saturated heterocycles. The standard InChI is InChI=1S/C19H20ClNO2/c1-13(2)23-17-6-4-3-5-16(17)21-18(22)19(11-12-19)14-7-9-15(20)10-8-14/h3-10,13H,11-12H2,1-2H3,(H,21,22). The van der Waals surface area contributed by atoms with Gasteiger partial charge in [0, 0.05) is 5.02 Å². The molecule has 23 heavy (non-hydrogen) atoms. The maximum Gasteiger partial charge on any atom is 0.235 e. The van der Waals surface area contributed by atoms with Crippen molar-refractivity contribution in [2.45, 2.75) is 38.2 Å². The number of benzene rings is 2. The van der Waals surface area contributed by atoms with Crippen LogP contribution in [0.15, 0.2) is 48.5 Å². The van der Waals surface area contributed by atoms with Crippen LogP contribution in [0.4, 0.5) is 5.69 Å². The van der Waals surface area contributed by atoms with E-state index in [-0.39, 0.29) is 12.0 Å². The fourth-order valence-corrected chi connectivity index (χ4v) is 2.84. The molecular weight excluding hydrogens is 310 g/mol. The average molecular weight is 330 g/mol. The molecule has 3 nitrogen and oxygen atoms in total. The maximum atomic E-state index is 12.8. The molecule has 2 aromatic carbocycles. The van der Waals surface area contributed by atoms with Crippen LogP contribution in [-0.2, 0) is 10.2 Å². The van der Waals surface area contributed by atoms with Crippen molar-refractivity contribution in [1.29, 1.82) is 0 Å². The summed E-state index contributed by atoms with van der Waals surface area (Å²) < 4.78 is 5.77. The largest absolute Gasteiger partial charge is 0.489 e. The van der Waals surface area contributed by atoms with Gasteiger partial charge in [0.05, 0.1) is 17.2 Å². The number of rotatable bonds is 5. The number of halogens is 1. The van der Waals surface area contributed by atoms with Gasteiger partial charge in [0.25, 0.3) is 0 Å². The molecule has 1 aliphatic rings. The Labute approximate surface area is 141 Å². The molecule has 0 bridgehead atoms. The van der Waals surface area contributed by atoms with Crippen molar-refractivity contribution in [2.24, 2.45) is 0 Å². The SMILES string of the molecule is CC(C)Oc1ccccc1NC(=O)C1(c2ccc(Cl)cc2)CC1. The highest BCUT2D eigenvalue weighted by molar-refractivity contribution is 6.30. The Morgan fingerprint density at radius 2 is 1.78 bits per heavy atom. The highest BCUT2D eigenvalue weighted by atomic mass is 35.5. The summed E-state index contributed by atoms with van der Waals surface area (Å²) in [6, 6.07) is 15.1. The van der Waals surface area contributed by atoms with Gasteiger partial charge in [0.2, 0.25) is 5.91 Å². The lowest BCUT2D eigenvalue weighted by Gasteiger charge is -2.19. The second-order valence-electron chi connectivity index (χ2n) is 6.21. The zero-order valence-electron chi connectivity index (χ0n) is 13.3. The van der Waals surface area contributed by atoms with Gasteiger partial charge in [-0.1, -0.05) is 35.9 Å². The van der Waals surface area contributed by atoms with Crippen LogP contribution in [0.1, 0.15) is 32.3 Å². The van der Waals surface area contributed by atoms with Crippen LogP contribution >= 0.6 is 11.6 Å². The van der Waals surface area contributed by atoms with Gasteiger partial charge in [-0.15, -0.1) is 0 Å². The monoisotopic (exact) mass is 329 g/mol. The topological polar surface area (TPSA) is 38.3 Å². The van der Waals surface area contributed by atoms with Crippen molar-refractivity contribution in [3.63, 3.8) is 0 Å². The van der Waals surface area contributed by atoms with E-state index >= 15 is 0 Å². The summed E-state index contributed by atoms with van der Waals surface area (Å²) in [6.45, 7) is 3.93. The fraction of sp³-hybridized carbons (Fsp3) is 0.316. The average Bonchev–Trinajstić information content (AvgIpc) is 3.31. The smallest absolute Gasteiger partial charge is 0.235 e. The number of ether oxygens (including phenoxy) is 1. The molecule has 0 spiro atoms. The molecule has 1 N–H and O–H groups in total. The molecule has 0 aliphatic heterocycles. The summed E-state index contributed by atoms with van der Waals surface area (Å²) in [5.74, 6) is 0.711. The van der Waals surface area contributed by atoms with Crippen molar-refractivity contribution in [2.75, 3.05) is 5.32 Å². The Balaban J connectivity index is 1.81. The Morgan fingerprint density at radius 3 is 2.39 bits per heavy atom. The molecule has 1 fully saturated rings. The molecule has 1 amide bonds. The predicted octanol–water partition coefficient (Wildman–Crippen LogP) is 4.80. The first kappa shape index (κ1) is 15.9. The zero-order chi connectivity index (χ0) is 16.4. The van der Waals surface area contributed by atoms with Crippen LogP contribution in [0.3, 0.4) is 0 Å². The highest BCUT2D eigenvalue weighted by Crippen LogP contribution is 2.49. The number of nitrogens with one attached hydrogen (secondary N) is 1. The van der Waals surface area contributed by atoms with E-state index in [1.165, 1.54) is 0 Å². The third kappa shape index (κ3) is 3.35. The normalized spacial score (nSPS) is 15.3. The first-order chi connectivity index (χ1) is 11.0. The van der Waals surface area contributed by atoms with Gasteiger partial charge in [-0.3, -0.25) is 4.79 Å². The molecular formula is C19H20ClNO2. The second kappa shape index (κ2) is 6.25. The lowest BCUT2D eigenvalue weighted by molar-refractivity contribution is -0.118. The van der Waals surface area contributed by atoms with E-state index in [4.69, 9.17) is 16.3 Å². The van der Waals surface area contributed by atoms with Crippen LogP contribution in [0.25, 0.3) is 0 Å². The van der Waals surface area contributed by atoms with Gasteiger partial charge in [-0.2, -0.15) is 0 Å². The minimum absolute atomic E-state index is 0.0135. The summed E-state index contributed by atoms with van der Waals surface area (Å²) in [6.07, 6.45) is 1.76. The van der Waals surface area contributed by atoms with Gasteiger partial charge in [-0.25, -0.2) is 0 Å². The molecule has 1 saturated carbocycles. The minimum atomic E-state index is -0.435. The van der Waals surface area contributed by atoms with E-state index < -0.39 is 5.41 Å². The number of para-hydroxylation sites is 2. The molecule has 0 unspecified atom stereocenters. The van der Waals surface area contributed by atoms with E-state index in [1.807, 2.05) is 62.4 Å². The van der Waals surface area contributed by atoms with Gasteiger partial charge in [0.15, 0.2) is 0 Å². The van der Waals surface area contributed by atoms with Crippen LogP contribution in [0.2, 0.25) is 5.02 Å². The number of carbonyl (C=O) groups is 1. The first-order valence-electron chi connectivity index (χ1n) is 7.84. The molecule has 0 atom stereocenters. The number of hydrogen-bond acceptors (Lipinski definition) is 2. The van der Waals surface area contributed by atoms with Crippen molar-refractivity contribution in [1.82, 2.24) is 0 Å². The molecule has 4 heteroatoms. The third-order valence-corrected chi connectivity index (χ3v) is 4.33. The van der Waals surface area contributed by atoms with Gasteiger partial charge < -0.3 is 10.1 Å². The molecule has 0 radical (unpaired) electrons. The maximum absolute atomic E-state index is 12.8. The van der Waals surface area contributed by atoms with Gasteiger partial charge in [-0.05, 0) is 56.5 Å². The number of anilines is 1. The zero-order valence-corrected chi connectivity index (χ0v) is 14.1. The van der Waals surface area contributed by atoms with Crippen LogP contribution in [0, 0.1) is 0 Å². The summed E-state index contributed by atoms with van der Waals surface area (Å²) in [7, 11) is 0. The minimum Gasteiger partial charge on any atom is -0.489 e. The van der Waals surface area contributed by atoms with E-state index in [0.29, 0.717) is 16.5 Å². The summed E-state index contributed by atoms with van der Waals surface area (Å²) in [4.78, 5) is 12.8. The Kier molecular flexibility index (Phi) is 4.31. The lowest BCUT2D eigenvalue weighted by Crippen LogP contribution is -2.28.